The predicted octanol–water partition coefficient (Wildman–Crippen LogP) is 2.36. The van der Waals surface area contributed by atoms with Crippen LogP contribution < -0.4 is 0 Å². The Morgan fingerprint density at radius 3 is 2.79 bits per heavy atom. The second-order valence-electron chi connectivity index (χ2n) is 2.69. The molecule has 0 unspecified atom stereocenters. The molecule has 1 aliphatic rings. The molecule has 0 saturated heterocycles. The number of cyclic esters (lactones) is 1. The SMILES string of the molecule is CC1=N/C(=C\c2ccc(Br)o2)C(=O)O1. The van der Waals surface area contributed by atoms with E-state index in [0.717, 1.165) is 0 Å². The molecule has 5 heteroatoms. The minimum absolute atomic E-state index is 0.254. The highest BCUT2D eigenvalue weighted by Crippen LogP contribution is 2.19. The number of furan rings is 1. The van der Waals surface area contributed by atoms with Crippen molar-refractivity contribution in [2.45, 2.75) is 6.92 Å². The number of esters is 1. The fourth-order valence-electron chi connectivity index (χ4n) is 1.06. The quantitative estimate of drug-likeness (QED) is 0.572. The Kier molecular flexibility index (Phi) is 2.25. The van der Waals surface area contributed by atoms with E-state index in [1.807, 2.05) is 0 Å². The molecule has 2 rings (SSSR count). The third-order valence-corrected chi connectivity index (χ3v) is 2.03. The second kappa shape index (κ2) is 3.42. The van der Waals surface area contributed by atoms with Crippen LogP contribution in [-0.2, 0) is 9.53 Å². The van der Waals surface area contributed by atoms with E-state index >= 15 is 0 Å². The van der Waals surface area contributed by atoms with Gasteiger partial charge in [-0.15, -0.1) is 0 Å². The molecule has 72 valence electrons. The zero-order chi connectivity index (χ0) is 10.1. The third kappa shape index (κ3) is 1.77. The van der Waals surface area contributed by atoms with Crippen molar-refractivity contribution >= 4 is 33.9 Å². The van der Waals surface area contributed by atoms with E-state index in [-0.39, 0.29) is 5.70 Å². The largest absolute Gasteiger partial charge is 0.450 e. The molecule has 0 radical (unpaired) electrons. The van der Waals surface area contributed by atoms with Crippen molar-refractivity contribution in [3.05, 3.63) is 28.3 Å². The average Bonchev–Trinajstić information content (AvgIpc) is 2.61. The fourth-order valence-corrected chi connectivity index (χ4v) is 1.38. The highest BCUT2D eigenvalue weighted by atomic mass is 79.9. The second-order valence-corrected chi connectivity index (χ2v) is 3.47. The first-order valence-electron chi connectivity index (χ1n) is 3.89. The average molecular weight is 256 g/mol. The van der Waals surface area contributed by atoms with Gasteiger partial charge in [0.15, 0.2) is 16.3 Å². The van der Waals surface area contributed by atoms with Crippen molar-refractivity contribution in [2.24, 2.45) is 4.99 Å². The van der Waals surface area contributed by atoms with Crippen molar-refractivity contribution in [1.82, 2.24) is 0 Å². The molecule has 0 saturated carbocycles. The van der Waals surface area contributed by atoms with Crippen molar-refractivity contribution < 1.29 is 13.9 Å². The third-order valence-electron chi connectivity index (χ3n) is 1.60. The van der Waals surface area contributed by atoms with E-state index in [9.17, 15) is 4.79 Å². The molecular weight excluding hydrogens is 250 g/mol. The summed E-state index contributed by atoms with van der Waals surface area (Å²) in [5.74, 6) is 0.462. The number of halogens is 1. The van der Waals surface area contributed by atoms with Crippen LogP contribution in [0, 0.1) is 0 Å². The minimum Gasteiger partial charge on any atom is -0.450 e. The Bertz CT molecular complexity index is 445. The smallest absolute Gasteiger partial charge is 0.363 e. The number of rotatable bonds is 1. The van der Waals surface area contributed by atoms with Crippen molar-refractivity contribution in [2.75, 3.05) is 0 Å². The molecule has 2 heterocycles. The van der Waals surface area contributed by atoms with Crippen LogP contribution in [0.3, 0.4) is 0 Å². The van der Waals surface area contributed by atoms with E-state index in [1.165, 1.54) is 6.08 Å². The van der Waals surface area contributed by atoms with E-state index in [1.54, 1.807) is 19.1 Å². The molecule has 4 nitrogen and oxygen atoms in total. The van der Waals surface area contributed by atoms with Crippen LogP contribution in [0.5, 0.6) is 0 Å². The van der Waals surface area contributed by atoms with Crippen LogP contribution in [0.15, 0.2) is 31.9 Å². The van der Waals surface area contributed by atoms with Gasteiger partial charge in [-0.05, 0) is 28.1 Å². The number of hydrogen-bond acceptors (Lipinski definition) is 4. The number of carbonyl (C=O) groups is 1. The molecule has 0 N–H and O–H groups in total. The van der Waals surface area contributed by atoms with Crippen molar-refractivity contribution in [1.29, 1.82) is 0 Å². The van der Waals surface area contributed by atoms with Gasteiger partial charge in [-0.2, -0.15) is 0 Å². The minimum atomic E-state index is -0.449. The molecule has 0 bridgehead atoms. The van der Waals surface area contributed by atoms with Gasteiger partial charge >= 0.3 is 5.97 Å². The maximum atomic E-state index is 11.1. The zero-order valence-corrected chi connectivity index (χ0v) is 8.87. The van der Waals surface area contributed by atoms with Gasteiger partial charge in [0.05, 0.1) is 0 Å². The molecule has 0 amide bonds. The normalized spacial score (nSPS) is 18.6. The highest BCUT2D eigenvalue weighted by molar-refractivity contribution is 9.10. The summed E-state index contributed by atoms with van der Waals surface area (Å²) < 4.78 is 10.5. The van der Waals surface area contributed by atoms with Crippen LogP contribution in [0.4, 0.5) is 0 Å². The van der Waals surface area contributed by atoms with Gasteiger partial charge < -0.3 is 9.15 Å². The summed E-state index contributed by atoms with van der Waals surface area (Å²) in [5, 5.41) is 0. The summed E-state index contributed by atoms with van der Waals surface area (Å²) in [7, 11) is 0. The Hall–Kier alpha value is -1.36. The van der Waals surface area contributed by atoms with Crippen molar-refractivity contribution in [3.63, 3.8) is 0 Å². The van der Waals surface area contributed by atoms with Crippen LogP contribution in [-0.4, -0.2) is 11.9 Å². The summed E-state index contributed by atoms with van der Waals surface area (Å²) >= 11 is 3.16. The lowest BCUT2D eigenvalue weighted by Gasteiger charge is -1.88. The standard InChI is InChI=1S/C9H6BrNO3/c1-5-11-7(9(12)13-5)4-6-2-3-8(10)14-6/h2-4H,1H3/b7-4-. The van der Waals surface area contributed by atoms with Crippen LogP contribution in [0.2, 0.25) is 0 Å². The van der Waals surface area contributed by atoms with E-state index < -0.39 is 5.97 Å². The summed E-state index contributed by atoms with van der Waals surface area (Å²) in [5.41, 5.74) is 0.254. The topological polar surface area (TPSA) is 51.8 Å². The fraction of sp³-hybridized carbons (Fsp3) is 0.111. The van der Waals surface area contributed by atoms with Gasteiger partial charge in [0, 0.05) is 13.0 Å². The lowest BCUT2D eigenvalue weighted by Crippen LogP contribution is -1.99. The van der Waals surface area contributed by atoms with Crippen LogP contribution >= 0.6 is 15.9 Å². The molecule has 1 aliphatic heterocycles. The summed E-state index contributed by atoms with van der Waals surface area (Å²) in [4.78, 5) is 15.0. The first kappa shape index (κ1) is 9.21. The molecule has 14 heavy (non-hydrogen) atoms. The molecule has 0 aromatic carbocycles. The first-order chi connectivity index (χ1) is 6.65. The maximum absolute atomic E-state index is 11.1. The number of aliphatic imine (C=N–C) groups is 1. The number of carbonyl (C=O) groups excluding carboxylic acids is 1. The summed E-state index contributed by atoms with van der Waals surface area (Å²) in [6.07, 6.45) is 1.53. The Labute approximate surface area is 88.4 Å². The molecule has 1 aromatic rings. The van der Waals surface area contributed by atoms with Gasteiger partial charge in [-0.3, -0.25) is 0 Å². The Balaban J connectivity index is 2.31. The van der Waals surface area contributed by atoms with Crippen molar-refractivity contribution in [3.8, 4) is 0 Å². The van der Waals surface area contributed by atoms with Gasteiger partial charge in [-0.25, -0.2) is 9.79 Å². The van der Waals surface area contributed by atoms with Gasteiger partial charge in [0.1, 0.15) is 5.76 Å². The molecular formula is C9H6BrNO3. The predicted molar refractivity (Wildman–Crippen MR) is 53.6 cm³/mol. The number of nitrogens with zero attached hydrogens (tertiary/aromatic N) is 1. The lowest BCUT2D eigenvalue weighted by atomic mass is 10.3. The summed E-state index contributed by atoms with van der Waals surface area (Å²) in [6, 6.07) is 3.47. The number of ether oxygens (including phenoxy) is 1. The Morgan fingerprint density at radius 1 is 1.50 bits per heavy atom. The van der Waals surface area contributed by atoms with Gasteiger partial charge in [0.2, 0.25) is 0 Å². The zero-order valence-electron chi connectivity index (χ0n) is 7.28. The lowest BCUT2D eigenvalue weighted by molar-refractivity contribution is -0.130. The van der Waals surface area contributed by atoms with Crippen LogP contribution in [0.25, 0.3) is 6.08 Å². The number of hydrogen-bond donors (Lipinski definition) is 0. The highest BCUT2D eigenvalue weighted by Gasteiger charge is 2.19. The van der Waals surface area contributed by atoms with E-state index in [0.29, 0.717) is 16.3 Å². The van der Waals surface area contributed by atoms with Gasteiger partial charge in [0.25, 0.3) is 0 Å². The molecule has 0 fully saturated rings. The molecule has 0 spiro atoms. The van der Waals surface area contributed by atoms with Gasteiger partial charge in [-0.1, -0.05) is 0 Å². The molecule has 0 atom stereocenters. The molecule has 1 aromatic heterocycles. The summed E-state index contributed by atoms with van der Waals surface area (Å²) in [6.45, 7) is 1.62. The van der Waals surface area contributed by atoms with Crippen LogP contribution in [0.1, 0.15) is 12.7 Å². The Morgan fingerprint density at radius 2 is 2.29 bits per heavy atom. The van der Waals surface area contributed by atoms with E-state index in [2.05, 4.69) is 20.9 Å². The van der Waals surface area contributed by atoms with E-state index in [4.69, 9.17) is 9.15 Å². The first-order valence-corrected chi connectivity index (χ1v) is 4.69. The maximum Gasteiger partial charge on any atom is 0.363 e. The molecule has 0 aliphatic carbocycles. The monoisotopic (exact) mass is 255 g/mol.